The van der Waals surface area contributed by atoms with Crippen molar-refractivity contribution in [3.05, 3.63) is 60.0 Å². The Morgan fingerprint density at radius 2 is 1.94 bits per heavy atom. The molecule has 9 nitrogen and oxygen atoms in total. The molecule has 0 atom stereocenters. The average Bonchev–Trinajstić information content (AvgIpc) is 3.28. The number of aromatic amines is 1. The van der Waals surface area contributed by atoms with Gasteiger partial charge in [0.15, 0.2) is 11.0 Å². The molecule has 3 heterocycles. The first-order valence-electron chi connectivity index (χ1n) is 11.7. The number of H-pyrrole nitrogens is 1. The molecule has 1 aliphatic rings. The van der Waals surface area contributed by atoms with Gasteiger partial charge in [0.1, 0.15) is 17.1 Å². The van der Waals surface area contributed by atoms with Crippen LogP contribution < -0.4 is 10.1 Å². The summed E-state index contributed by atoms with van der Waals surface area (Å²) in [6.07, 6.45) is 0.931. The summed E-state index contributed by atoms with van der Waals surface area (Å²) in [5, 5.41) is 12.0. The first-order chi connectivity index (χ1) is 17.1. The Kier molecular flexibility index (Phi) is 9.85. The molecule has 0 aliphatic carbocycles. The second-order valence-corrected chi connectivity index (χ2v) is 9.39. The van der Waals surface area contributed by atoms with Crippen molar-refractivity contribution in [2.45, 2.75) is 23.4 Å². The van der Waals surface area contributed by atoms with Gasteiger partial charge in [-0.15, -0.1) is 5.69 Å². The molecular formula is C25H28AcN7O2S-. The van der Waals surface area contributed by atoms with Crippen LogP contribution in [0, 0.1) is 51.0 Å². The molecule has 2 aromatic carbocycles. The molecule has 0 saturated carbocycles. The third-order valence-corrected chi connectivity index (χ3v) is 6.54. The van der Waals surface area contributed by atoms with Gasteiger partial charge in [-0.05, 0) is 49.4 Å². The summed E-state index contributed by atoms with van der Waals surface area (Å²) in [6.45, 7) is 7.11. The summed E-state index contributed by atoms with van der Waals surface area (Å²) >= 11 is 1.45. The summed E-state index contributed by atoms with van der Waals surface area (Å²) < 4.78 is 11.6. The molecule has 185 valence electrons. The van der Waals surface area contributed by atoms with Gasteiger partial charge in [-0.3, -0.25) is 10.00 Å². The van der Waals surface area contributed by atoms with Gasteiger partial charge in [-0.1, -0.05) is 18.2 Å². The first kappa shape index (κ1) is 27.1. The number of aryl methyl sites for hydroxylation is 1. The van der Waals surface area contributed by atoms with Crippen molar-refractivity contribution >= 4 is 40.0 Å². The van der Waals surface area contributed by atoms with E-state index in [1.54, 1.807) is 12.1 Å². The molecular weight excluding hydrogens is 689 g/mol. The van der Waals surface area contributed by atoms with Crippen LogP contribution in [0.4, 0.5) is 17.3 Å². The van der Waals surface area contributed by atoms with Crippen LogP contribution in [0.2, 0.25) is 0 Å². The molecule has 5 rings (SSSR count). The maximum absolute atomic E-state index is 7.73. The molecule has 11 heteroatoms. The van der Waals surface area contributed by atoms with E-state index in [-0.39, 0.29) is 44.1 Å². The number of rotatable bonds is 9. The maximum atomic E-state index is 7.73. The second-order valence-electron chi connectivity index (χ2n) is 8.35. The van der Waals surface area contributed by atoms with E-state index in [1.807, 2.05) is 43.3 Å². The minimum atomic E-state index is 0. The standard InChI is InChI=1S/C25H28N7O2S.Ac/c1-17-16-22(31-30-17)27-24-20-4-2-5-21(34-13-3-10-32-11-14-33-15-12-32)23(20)28-25(29-24)35-19-8-6-18(26)7-9-19;/h2,4-9,16,26H,3,10-15H2,1H3,(H2,27,28,29,30,31);/q-1;. The van der Waals surface area contributed by atoms with Gasteiger partial charge < -0.3 is 20.5 Å². The molecule has 0 bridgehead atoms. The number of morpholine rings is 1. The number of nitrogens with one attached hydrogen (secondary N) is 3. The molecule has 1 fully saturated rings. The van der Waals surface area contributed by atoms with Gasteiger partial charge in [0.2, 0.25) is 0 Å². The number of benzene rings is 2. The second kappa shape index (κ2) is 13.1. The van der Waals surface area contributed by atoms with E-state index in [4.69, 9.17) is 25.2 Å². The summed E-state index contributed by atoms with van der Waals surface area (Å²) in [4.78, 5) is 13.0. The summed E-state index contributed by atoms with van der Waals surface area (Å²) in [5.41, 5.74) is 9.91. The van der Waals surface area contributed by atoms with Crippen LogP contribution in [0.15, 0.2) is 58.6 Å². The maximum Gasteiger partial charge on any atom is 0.195 e. The molecule has 4 aromatic rings. The molecule has 0 unspecified atom stereocenters. The Labute approximate surface area is 250 Å². The topological polar surface area (TPSA) is 112 Å². The van der Waals surface area contributed by atoms with Crippen molar-refractivity contribution in [1.29, 1.82) is 0 Å². The van der Waals surface area contributed by atoms with Crippen LogP contribution in [-0.4, -0.2) is 64.5 Å². The predicted molar refractivity (Wildman–Crippen MR) is 138 cm³/mol. The molecule has 1 saturated heterocycles. The molecule has 3 N–H and O–H groups in total. The predicted octanol–water partition coefficient (Wildman–Crippen LogP) is 5.34. The number of fused-ring (bicyclic) bond motifs is 1. The normalized spacial score (nSPS) is 13.9. The van der Waals surface area contributed by atoms with Crippen molar-refractivity contribution in [2.75, 3.05) is 44.8 Å². The summed E-state index contributed by atoms with van der Waals surface area (Å²) in [6, 6.07) is 15.2. The fourth-order valence-electron chi connectivity index (χ4n) is 3.89. The van der Waals surface area contributed by atoms with E-state index >= 15 is 0 Å². The van der Waals surface area contributed by atoms with Crippen molar-refractivity contribution < 1.29 is 53.5 Å². The van der Waals surface area contributed by atoms with Crippen molar-refractivity contribution in [1.82, 2.24) is 25.1 Å². The Hall–Kier alpha value is -1.90. The number of anilines is 2. The largest absolute Gasteiger partial charge is 0.699 e. The molecule has 0 amide bonds. The van der Waals surface area contributed by atoms with Crippen LogP contribution in [0.5, 0.6) is 5.75 Å². The summed E-state index contributed by atoms with van der Waals surface area (Å²) in [5.74, 6) is 2.09. The van der Waals surface area contributed by atoms with E-state index in [1.165, 1.54) is 11.8 Å². The Balaban J connectivity index is 0.00000304. The number of hydrogen-bond donors (Lipinski definition) is 2. The zero-order valence-electron chi connectivity index (χ0n) is 20.2. The van der Waals surface area contributed by atoms with Gasteiger partial charge in [-0.25, -0.2) is 9.97 Å². The SMILES string of the molecule is Cc1cc(Nc2nc(Sc3ccc([NH-])cc3)nc3c(OCCCN4CCOCC4)cccc23)n[nH]1.[Ac]. The Bertz CT molecular complexity index is 1280. The van der Waals surface area contributed by atoms with Crippen LogP contribution in [0.25, 0.3) is 16.6 Å². The van der Waals surface area contributed by atoms with E-state index in [2.05, 4.69) is 20.4 Å². The van der Waals surface area contributed by atoms with Gasteiger partial charge >= 0.3 is 0 Å². The third-order valence-electron chi connectivity index (χ3n) is 5.66. The van der Waals surface area contributed by atoms with E-state index < -0.39 is 0 Å². The fraction of sp³-hybridized carbons (Fsp3) is 0.320. The van der Waals surface area contributed by atoms with Crippen LogP contribution in [0.3, 0.4) is 0 Å². The van der Waals surface area contributed by atoms with Gasteiger partial charge in [0.25, 0.3) is 0 Å². The van der Waals surface area contributed by atoms with Gasteiger partial charge in [0, 0.05) is 85.7 Å². The molecule has 0 spiro atoms. The van der Waals surface area contributed by atoms with Crippen LogP contribution in [0.1, 0.15) is 12.1 Å². The molecule has 36 heavy (non-hydrogen) atoms. The summed E-state index contributed by atoms with van der Waals surface area (Å²) in [7, 11) is 0. The van der Waals surface area contributed by atoms with E-state index in [0.29, 0.717) is 29.1 Å². The first-order valence-corrected chi connectivity index (χ1v) is 12.5. The minimum absolute atomic E-state index is 0. The molecule has 1 radical (unpaired) electrons. The van der Waals surface area contributed by atoms with Gasteiger partial charge in [-0.2, -0.15) is 5.10 Å². The van der Waals surface area contributed by atoms with E-state index in [9.17, 15) is 0 Å². The number of ether oxygens (including phenoxy) is 2. The smallest absolute Gasteiger partial charge is 0.195 e. The van der Waals surface area contributed by atoms with Gasteiger partial charge in [0.05, 0.1) is 19.8 Å². The zero-order valence-corrected chi connectivity index (χ0v) is 25.7. The zero-order chi connectivity index (χ0) is 24.0. The number of para-hydroxylation sites is 1. The number of hydrogen-bond acceptors (Lipinski definition) is 8. The quantitative estimate of drug-likeness (QED) is 0.177. The van der Waals surface area contributed by atoms with Crippen molar-refractivity contribution in [2.24, 2.45) is 0 Å². The van der Waals surface area contributed by atoms with E-state index in [0.717, 1.165) is 66.5 Å². The minimum Gasteiger partial charge on any atom is -0.699 e. The Morgan fingerprint density at radius 1 is 1.14 bits per heavy atom. The molecule has 1 aliphatic heterocycles. The van der Waals surface area contributed by atoms with Crippen molar-refractivity contribution in [3.63, 3.8) is 0 Å². The average molecular weight is 718 g/mol. The number of nitrogens with zero attached hydrogens (tertiary/aromatic N) is 4. The Morgan fingerprint density at radius 3 is 2.69 bits per heavy atom. The fourth-order valence-corrected chi connectivity index (χ4v) is 4.65. The van der Waals surface area contributed by atoms with Crippen LogP contribution >= 0.6 is 11.8 Å². The third kappa shape index (κ3) is 7.11. The van der Waals surface area contributed by atoms with Crippen molar-refractivity contribution in [3.8, 4) is 5.75 Å². The monoisotopic (exact) mass is 717 g/mol. The number of aromatic nitrogens is 4. The van der Waals surface area contributed by atoms with Crippen LogP contribution in [-0.2, 0) is 4.74 Å². The molecule has 2 aromatic heterocycles.